The summed E-state index contributed by atoms with van der Waals surface area (Å²) in [5, 5.41) is 0. The average Bonchev–Trinajstić information content (AvgIpc) is 2.18. The molecule has 0 aromatic carbocycles. The maximum atomic E-state index is 2.32. The quantitative estimate of drug-likeness (QED) is 0.480. The third-order valence-corrected chi connectivity index (χ3v) is 2.24. The lowest BCUT2D eigenvalue weighted by Gasteiger charge is -1.89. The van der Waals surface area contributed by atoms with E-state index in [0.29, 0.717) is 0 Å². The minimum Gasteiger partial charge on any atom is -0.0885 e. The first kappa shape index (κ1) is 10.3. The second-order valence-electron chi connectivity index (χ2n) is 3.50. The summed E-state index contributed by atoms with van der Waals surface area (Å²) in [7, 11) is 0. The molecule has 0 unspecified atom stereocenters. The summed E-state index contributed by atoms with van der Waals surface area (Å²) in [6, 6.07) is 0. The molecule has 1 aliphatic carbocycles. The van der Waals surface area contributed by atoms with E-state index in [-0.39, 0.29) is 0 Å². The Kier molecular flexibility index (Phi) is 6.22. The second kappa shape index (κ2) is 7.85. The molecule has 0 heterocycles. The highest BCUT2D eigenvalue weighted by atomic mass is 13.9. The molecule has 13 heavy (non-hydrogen) atoms. The van der Waals surface area contributed by atoms with Gasteiger partial charge in [-0.2, -0.15) is 0 Å². The van der Waals surface area contributed by atoms with Gasteiger partial charge >= 0.3 is 0 Å². The lowest BCUT2D eigenvalue weighted by atomic mass is 10.2. The summed E-state index contributed by atoms with van der Waals surface area (Å²) in [6.07, 6.45) is 22.5. The Labute approximate surface area is 82.0 Å². The van der Waals surface area contributed by atoms with Crippen LogP contribution in [0.1, 0.15) is 44.9 Å². The van der Waals surface area contributed by atoms with E-state index in [1.807, 2.05) is 0 Å². The normalized spacial score (nSPS) is 27.7. The zero-order valence-corrected chi connectivity index (χ0v) is 8.41. The molecule has 0 heteroatoms. The van der Waals surface area contributed by atoms with Crippen LogP contribution in [-0.2, 0) is 0 Å². The Bertz CT molecular complexity index is 164. The first-order chi connectivity index (χ1) is 6.50. The third-order valence-electron chi connectivity index (χ3n) is 2.24. The van der Waals surface area contributed by atoms with Crippen LogP contribution in [0.4, 0.5) is 0 Å². The fraction of sp³-hybridized carbons (Fsp3) is 0.538. The summed E-state index contributed by atoms with van der Waals surface area (Å²) in [5.41, 5.74) is 0. The molecule has 0 radical (unpaired) electrons. The van der Waals surface area contributed by atoms with Crippen molar-refractivity contribution in [3.8, 4) is 0 Å². The van der Waals surface area contributed by atoms with Crippen molar-refractivity contribution < 1.29 is 0 Å². The van der Waals surface area contributed by atoms with Crippen molar-refractivity contribution >= 4 is 0 Å². The third kappa shape index (κ3) is 6.39. The van der Waals surface area contributed by atoms with Gasteiger partial charge in [0.25, 0.3) is 0 Å². The van der Waals surface area contributed by atoms with Gasteiger partial charge < -0.3 is 0 Å². The number of allylic oxidation sites excluding steroid dienone is 6. The predicted octanol–water partition coefficient (Wildman–Crippen LogP) is 4.40. The summed E-state index contributed by atoms with van der Waals surface area (Å²) in [4.78, 5) is 0. The predicted molar refractivity (Wildman–Crippen MR) is 59.7 cm³/mol. The van der Waals surface area contributed by atoms with Crippen LogP contribution in [0.25, 0.3) is 0 Å². The van der Waals surface area contributed by atoms with Crippen molar-refractivity contribution in [3.63, 3.8) is 0 Å². The van der Waals surface area contributed by atoms with Gasteiger partial charge in [-0.15, -0.1) is 0 Å². The molecule has 0 fully saturated rings. The molecule has 0 saturated heterocycles. The molecule has 1 rings (SSSR count). The van der Waals surface area contributed by atoms with Crippen LogP contribution in [-0.4, -0.2) is 0 Å². The van der Waals surface area contributed by atoms with Crippen molar-refractivity contribution in [1.82, 2.24) is 0 Å². The standard InChI is InChI=1S/C13H20/c1-2-4-6-8-10-12-13-11-9-7-5-3-1/h1-2,7-10H,3-6,11-13H2/b2-1-,9-7-,10-8+. The van der Waals surface area contributed by atoms with Crippen molar-refractivity contribution in [2.75, 3.05) is 0 Å². The van der Waals surface area contributed by atoms with Gasteiger partial charge in [0.1, 0.15) is 0 Å². The number of hydrogen-bond donors (Lipinski definition) is 0. The lowest BCUT2D eigenvalue weighted by molar-refractivity contribution is 0.859. The zero-order chi connectivity index (χ0) is 9.19. The van der Waals surface area contributed by atoms with E-state index in [9.17, 15) is 0 Å². The minimum atomic E-state index is 1.21. The maximum absolute atomic E-state index is 2.32. The Morgan fingerprint density at radius 3 is 1.08 bits per heavy atom. The largest absolute Gasteiger partial charge is 0.0885 e. The SMILES string of the molecule is C1=C\CC/C=C/CCC/C=C\CC/1. The van der Waals surface area contributed by atoms with Crippen LogP contribution in [0.3, 0.4) is 0 Å². The molecule has 0 aromatic heterocycles. The molecule has 0 saturated carbocycles. The summed E-state index contributed by atoms with van der Waals surface area (Å²) >= 11 is 0. The van der Waals surface area contributed by atoms with Crippen molar-refractivity contribution in [3.05, 3.63) is 36.5 Å². The average molecular weight is 176 g/mol. The van der Waals surface area contributed by atoms with Crippen LogP contribution >= 0.6 is 0 Å². The fourth-order valence-corrected chi connectivity index (χ4v) is 1.45. The first-order valence-electron chi connectivity index (χ1n) is 5.45. The molecule has 0 amide bonds. The molecular weight excluding hydrogens is 156 g/mol. The molecule has 0 aromatic rings. The highest BCUT2D eigenvalue weighted by Crippen LogP contribution is 2.04. The Hall–Kier alpha value is -0.780. The van der Waals surface area contributed by atoms with Crippen LogP contribution in [0.2, 0.25) is 0 Å². The van der Waals surface area contributed by atoms with E-state index < -0.39 is 0 Å². The molecular formula is C13H20. The smallest absolute Gasteiger partial charge is 0.0316 e. The highest BCUT2D eigenvalue weighted by molar-refractivity contribution is 4.92. The number of rotatable bonds is 0. The van der Waals surface area contributed by atoms with E-state index in [4.69, 9.17) is 0 Å². The Morgan fingerprint density at radius 1 is 0.385 bits per heavy atom. The molecule has 0 atom stereocenters. The van der Waals surface area contributed by atoms with Crippen molar-refractivity contribution in [2.45, 2.75) is 44.9 Å². The van der Waals surface area contributed by atoms with E-state index in [0.717, 1.165) is 0 Å². The Balaban J connectivity index is 2.27. The van der Waals surface area contributed by atoms with Crippen LogP contribution < -0.4 is 0 Å². The van der Waals surface area contributed by atoms with Crippen molar-refractivity contribution in [1.29, 1.82) is 0 Å². The molecule has 0 N–H and O–H groups in total. The van der Waals surface area contributed by atoms with Crippen molar-refractivity contribution in [2.24, 2.45) is 0 Å². The van der Waals surface area contributed by atoms with Gasteiger partial charge in [0.15, 0.2) is 0 Å². The Morgan fingerprint density at radius 2 is 0.692 bits per heavy atom. The van der Waals surface area contributed by atoms with Gasteiger partial charge in [0.2, 0.25) is 0 Å². The summed E-state index contributed by atoms with van der Waals surface area (Å²) < 4.78 is 0. The monoisotopic (exact) mass is 176 g/mol. The van der Waals surface area contributed by atoms with Gasteiger partial charge in [-0.25, -0.2) is 0 Å². The van der Waals surface area contributed by atoms with Gasteiger partial charge in [0, 0.05) is 0 Å². The lowest BCUT2D eigenvalue weighted by Crippen LogP contribution is -1.69. The van der Waals surface area contributed by atoms with Gasteiger partial charge in [0.05, 0.1) is 0 Å². The molecule has 0 bridgehead atoms. The van der Waals surface area contributed by atoms with E-state index in [1.165, 1.54) is 44.9 Å². The minimum absolute atomic E-state index is 1.21. The zero-order valence-electron chi connectivity index (χ0n) is 8.41. The van der Waals surface area contributed by atoms with Crippen LogP contribution in [0, 0.1) is 0 Å². The van der Waals surface area contributed by atoms with E-state index in [1.54, 1.807) is 0 Å². The van der Waals surface area contributed by atoms with Gasteiger partial charge in [-0.05, 0) is 44.9 Å². The second-order valence-corrected chi connectivity index (χ2v) is 3.50. The highest BCUT2D eigenvalue weighted by Gasteiger charge is 1.83. The maximum Gasteiger partial charge on any atom is -0.0316 e. The molecule has 0 nitrogen and oxygen atoms in total. The van der Waals surface area contributed by atoms with E-state index in [2.05, 4.69) is 36.5 Å². The molecule has 0 aliphatic heterocycles. The fourth-order valence-electron chi connectivity index (χ4n) is 1.45. The van der Waals surface area contributed by atoms with Crippen LogP contribution in [0.15, 0.2) is 36.5 Å². The van der Waals surface area contributed by atoms with Gasteiger partial charge in [-0.3, -0.25) is 0 Å². The van der Waals surface area contributed by atoms with Crippen LogP contribution in [0.5, 0.6) is 0 Å². The molecule has 72 valence electrons. The molecule has 0 spiro atoms. The summed E-state index contributed by atoms with van der Waals surface area (Å²) in [5.74, 6) is 0. The summed E-state index contributed by atoms with van der Waals surface area (Å²) in [6.45, 7) is 0. The topological polar surface area (TPSA) is 0 Å². The van der Waals surface area contributed by atoms with E-state index >= 15 is 0 Å². The number of hydrogen-bond acceptors (Lipinski definition) is 0. The first-order valence-corrected chi connectivity index (χ1v) is 5.45. The molecule has 1 aliphatic rings. The van der Waals surface area contributed by atoms with Gasteiger partial charge in [-0.1, -0.05) is 36.5 Å².